The molecule has 0 fully saturated rings. The maximum atomic E-state index is 12.6. The van der Waals surface area contributed by atoms with Gasteiger partial charge in [0.1, 0.15) is 11.4 Å². The molecule has 1 aliphatic rings. The second-order valence-corrected chi connectivity index (χ2v) is 7.41. The lowest BCUT2D eigenvalue weighted by Gasteiger charge is -2.25. The van der Waals surface area contributed by atoms with Crippen molar-refractivity contribution in [2.75, 3.05) is 6.54 Å². The number of rotatable bonds is 6. The van der Waals surface area contributed by atoms with Gasteiger partial charge in [-0.3, -0.25) is 9.89 Å². The second-order valence-electron chi connectivity index (χ2n) is 7.41. The van der Waals surface area contributed by atoms with E-state index in [9.17, 15) is 4.79 Å². The molecule has 0 aromatic heterocycles. The molecule has 1 atom stereocenters. The number of nitrogens with zero attached hydrogens (tertiary/aromatic N) is 2. The monoisotopic (exact) mass is 330 g/mol. The fourth-order valence-electron chi connectivity index (χ4n) is 2.84. The zero-order chi connectivity index (χ0) is 17.6. The number of carbonyl (C=O) groups excluding carboxylic acids is 1. The van der Waals surface area contributed by atoms with Crippen LogP contribution in [0, 0.1) is 0 Å². The van der Waals surface area contributed by atoms with Crippen molar-refractivity contribution in [3.05, 3.63) is 35.9 Å². The Morgan fingerprint density at radius 1 is 1.21 bits per heavy atom. The SMILES string of the molecule is CCCCCC[C@H]1CN(C(=O)OC(C)(C)C)C(c2ccccc2)=N1. The summed E-state index contributed by atoms with van der Waals surface area (Å²) in [5.41, 5.74) is 0.470. The molecular formula is C20H30N2O2. The van der Waals surface area contributed by atoms with Crippen LogP contribution in [0.15, 0.2) is 35.3 Å². The number of amidine groups is 1. The summed E-state index contributed by atoms with van der Waals surface area (Å²) in [5.74, 6) is 0.741. The Balaban J connectivity index is 2.11. The summed E-state index contributed by atoms with van der Waals surface area (Å²) >= 11 is 0. The van der Waals surface area contributed by atoms with E-state index >= 15 is 0 Å². The number of aliphatic imine (C=N–C) groups is 1. The lowest BCUT2D eigenvalue weighted by atomic mass is 10.1. The fourth-order valence-corrected chi connectivity index (χ4v) is 2.84. The van der Waals surface area contributed by atoms with Crippen molar-refractivity contribution < 1.29 is 9.53 Å². The van der Waals surface area contributed by atoms with Gasteiger partial charge in [-0.2, -0.15) is 0 Å². The van der Waals surface area contributed by atoms with E-state index in [2.05, 4.69) is 6.92 Å². The van der Waals surface area contributed by atoms with Crippen molar-refractivity contribution in [1.82, 2.24) is 4.90 Å². The normalized spacial score (nSPS) is 17.8. The minimum atomic E-state index is -0.502. The fraction of sp³-hybridized carbons (Fsp3) is 0.600. The van der Waals surface area contributed by atoms with E-state index in [1.165, 1.54) is 19.3 Å². The third-order valence-electron chi connectivity index (χ3n) is 3.99. The molecule has 0 saturated carbocycles. The summed E-state index contributed by atoms with van der Waals surface area (Å²) in [5, 5.41) is 0. The van der Waals surface area contributed by atoms with Gasteiger partial charge in [0, 0.05) is 5.56 Å². The molecule has 1 amide bonds. The molecule has 0 bridgehead atoms. The Morgan fingerprint density at radius 2 is 1.92 bits per heavy atom. The zero-order valence-corrected chi connectivity index (χ0v) is 15.4. The Kier molecular flexibility index (Phi) is 6.41. The van der Waals surface area contributed by atoms with Crippen LogP contribution in [0.25, 0.3) is 0 Å². The Bertz CT molecular complexity index is 561. The van der Waals surface area contributed by atoms with Crippen LogP contribution in [0.5, 0.6) is 0 Å². The lowest BCUT2D eigenvalue weighted by molar-refractivity contribution is 0.0377. The molecule has 0 radical (unpaired) electrons. The highest BCUT2D eigenvalue weighted by Crippen LogP contribution is 2.22. The van der Waals surface area contributed by atoms with E-state index in [0.717, 1.165) is 24.2 Å². The largest absolute Gasteiger partial charge is 0.443 e. The van der Waals surface area contributed by atoms with Gasteiger partial charge >= 0.3 is 6.09 Å². The molecule has 0 saturated heterocycles. The zero-order valence-electron chi connectivity index (χ0n) is 15.4. The molecule has 0 unspecified atom stereocenters. The molecule has 4 nitrogen and oxygen atoms in total. The average molecular weight is 330 g/mol. The van der Waals surface area contributed by atoms with Crippen molar-refractivity contribution in [3.8, 4) is 0 Å². The summed E-state index contributed by atoms with van der Waals surface area (Å²) < 4.78 is 5.57. The van der Waals surface area contributed by atoms with Crippen LogP contribution in [-0.2, 0) is 4.74 Å². The van der Waals surface area contributed by atoms with Crippen molar-refractivity contribution >= 4 is 11.9 Å². The van der Waals surface area contributed by atoms with Crippen LogP contribution in [0.4, 0.5) is 4.79 Å². The quantitative estimate of drug-likeness (QED) is 0.687. The van der Waals surface area contributed by atoms with Gasteiger partial charge in [-0.05, 0) is 27.2 Å². The van der Waals surface area contributed by atoms with Crippen LogP contribution in [0.1, 0.15) is 65.4 Å². The number of carbonyl (C=O) groups is 1. The predicted molar refractivity (Wildman–Crippen MR) is 98.5 cm³/mol. The molecule has 1 heterocycles. The van der Waals surface area contributed by atoms with E-state index in [1.807, 2.05) is 51.1 Å². The van der Waals surface area contributed by atoms with Crippen LogP contribution < -0.4 is 0 Å². The number of benzene rings is 1. The van der Waals surface area contributed by atoms with Crippen LogP contribution in [0.3, 0.4) is 0 Å². The highest BCUT2D eigenvalue weighted by atomic mass is 16.6. The van der Waals surface area contributed by atoms with Crippen molar-refractivity contribution in [1.29, 1.82) is 0 Å². The summed E-state index contributed by atoms with van der Waals surface area (Å²) in [7, 11) is 0. The summed E-state index contributed by atoms with van der Waals surface area (Å²) in [4.78, 5) is 19.1. The number of hydrogen-bond donors (Lipinski definition) is 0. The minimum Gasteiger partial charge on any atom is -0.443 e. The first kappa shape index (κ1) is 18.5. The van der Waals surface area contributed by atoms with E-state index in [1.54, 1.807) is 4.90 Å². The minimum absolute atomic E-state index is 0.171. The first-order chi connectivity index (χ1) is 11.4. The van der Waals surface area contributed by atoms with Gasteiger partial charge in [-0.25, -0.2) is 4.79 Å². The molecule has 0 aliphatic carbocycles. The number of hydrogen-bond acceptors (Lipinski definition) is 3. The smallest absolute Gasteiger partial charge is 0.416 e. The van der Waals surface area contributed by atoms with Gasteiger partial charge in [0.2, 0.25) is 0 Å². The molecule has 1 aliphatic heterocycles. The second kappa shape index (κ2) is 8.32. The third-order valence-corrected chi connectivity index (χ3v) is 3.99. The molecular weight excluding hydrogens is 300 g/mol. The summed E-state index contributed by atoms with van der Waals surface area (Å²) in [6.45, 7) is 8.50. The summed E-state index contributed by atoms with van der Waals surface area (Å²) in [6.07, 6.45) is 5.60. The number of amides is 1. The van der Waals surface area contributed by atoms with E-state index < -0.39 is 5.60 Å². The highest BCUT2D eigenvalue weighted by molar-refractivity contribution is 6.07. The standard InChI is InChI=1S/C20H30N2O2/c1-5-6-7-11-14-17-15-22(19(23)24-20(2,3)4)18(21-17)16-12-9-8-10-13-16/h8-10,12-13,17H,5-7,11,14-15H2,1-4H3/t17-/m0/s1. The van der Waals surface area contributed by atoms with Gasteiger partial charge < -0.3 is 4.74 Å². The number of unbranched alkanes of at least 4 members (excludes halogenated alkanes) is 3. The van der Waals surface area contributed by atoms with Crippen molar-refractivity contribution in [2.24, 2.45) is 4.99 Å². The topological polar surface area (TPSA) is 41.9 Å². The Hall–Kier alpha value is -1.84. The first-order valence-corrected chi connectivity index (χ1v) is 9.04. The average Bonchev–Trinajstić information content (AvgIpc) is 2.95. The Labute approximate surface area is 145 Å². The maximum Gasteiger partial charge on any atom is 0.416 e. The van der Waals surface area contributed by atoms with Crippen LogP contribution in [-0.4, -0.2) is 35.0 Å². The molecule has 4 heteroatoms. The van der Waals surface area contributed by atoms with Gasteiger partial charge in [0.05, 0.1) is 12.6 Å². The first-order valence-electron chi connectivity index (χ1n) is 9.04. The van der Waals surface area contributed by atoms with E-state index in [4.69, 9.17) is 9.73 Å². The van der Waals surface area contributed by atoms with Crippen molar-refractivity contribution in [3.63, 3.8) is 0 Å². The predicted octanol–water partition coefficient (Wildman–Crippen LogP) is 5.02. The Morgan fingerprint density at radius 3 is 2.54 bits per heavy atom. The molecule has 2 rings (SSSR count). The molecule has 0 N–H and O–H groups in total. The molecule has 1 aromatic rings. The summed E-state index contributed by atoms with van der Waals surface area (Å²) in [6, 6.07) is 10.1. The maximum absolute atomic E-state index is 12.6. The van der Waals surface area contributed by atoms with Gasteiger partial charge in [-0.1, -0.05) is 62.9 Å². The molecule has 1 aromatic carbocycles. The third kappa shape index (κ3) is 5.36. The molecule has 132 valence electrons. The highest BCUT2D eigenvalue weighted by Gasteiger charge is 2.33. The molecule has 24 heavy (non-hydrogen) atoms. The van der Waals surface area contributed by atoms with Gasteiger partial charge in [-0.15, -0.1) is 0 Å². The van der Waals surface area contributed by atoms with Crippen LogP contribution in [0.2, 0.25) is 0 Å². The number of ether oxygens (including phenoxy) is 1. The lowest BCUT2D eigenvalue weighted by Crippen LogP contribution is -2.40. The van der Waals surface area contributed by atoms with Crippen LogP contribution >= 0.6 is 0 Å². The van der Waals surface area contributed by atoms with Gasteiger partial charge in [0.15, 0.2) is 0 Å². The van der Waals surface area contributed by atoms with E-state index in [0.29, 0.717) is 6.54 Å². The van der Waals surface area contributed by atoms with Gasteiger partial charge in [0.25, 0.3) is 0 Å². The van der Waals surface area contributed by atoms with E-state index in [-0.39, 0.29) is 12.1 Å². The van der Waals surface area contributed by atoms with Crippen molar-refractivity contribution in [2.45, 2.75) is 71.4 Å². The molecule has 0 spiro atoms.